The van der Waals surface area contributed by atoms with E-state index in [0.29, 0.717) is 16.9 Å². The quantitative estimate of drug-likeness (QED) is 0.720. The second-order valence-corrected chi connectivity index (χ2v) is 3.24. The first-order chi connectivity index (χ1) is 7.00. The van der Waals surface area contributed by atoms with Crippen LogP contribution in [0, 0.1) is 6.92 Å². The highest BCUT2D eigenvalue weighted by atomic mass is 19.3. The largest absolute Gasteiger partial charge is 0.487 e. The molecule has 0 spiro atoms. The Morgan fingerprint density at radius 1 is 1.47 bits per heavy atom. The van der Waals surface area contributed by atoms with E-state index in [1.165, 1.54) is 13.0 Å². The Bertz CT molecular complexity index is 362. The standard InChI is InChI=1S/C11H12F2O2/c1-7-5-9(8(2)14)3-4-10(7)15-6-11(12)13/h3-5,11H,6H2,1-2H3. The monoisotopic (exact) mass is 214 g/mol. The minimum Gasteiger partial charge on any atom is -0.487 e. The first-order valence-corrected chi connectivity index (χ1v) is 4.53. The zero-order valence-corrected chi connectivity index (χ0v) is 8.59. The average Bonchev–Trinajstić information content (AvgIpc) is 2.15. The molecule has 0 saturated carbocycles. The lowest BCUT2D eigenvalue weighted by Gasteiger charge is -2.09. The molecule has 0 heterocycles. The van der Waals surface area contributed by atoms with Gasteiger partial charge in [0.25, 0.3) is 6.43 Å². The van der Waals surface area contributed by atoms with Gasteiger partial charge in [-0.2, -0.15) is 0 Å². The van der Waals surface area contributed by atoms with Crippen molar-refractivity contribution in [3.8, 4) is 5.75 Å². The van der Waals surface area contributed by atoms with Gasteiger partial charge in [0.1, 0.15) is 12.4 Å². The second-order valence-electron chi connectivity index (χ2n) is 3.24. The third-order valence-corrected chi connectivity index (χ3v) is 1.95. The van der Waals surface area contributed by atoms with Gasteiger partial charge in [-0.05, 0) is 37.6 Å². The molecule has 4 heteroatoms. The first-order valence-electron chi connectivity index (χ1n) is 4.53. The Morgan fingerprint density at radius 2 is 2.13 bits per heavy atom. The van der Waals surface area contributed by atoms with Gasteiger partial charge in [0.05, 0.1) is 0 Å². The minimum atomic E-state index is -2.49. The summed E-state index contributed by atoms with van der Waals surface area (Å²) in [5, 5.41) is 0. The molecule has 0 N–H and O–H groups in total. The van der Waals surface area contributed by atoms with E-state index in [1.807, 2.05) is 0 Å². The molecule has 0 aliphatic heterocycles. The lowest BCUT2D eigenvalue weighted by molar-refractivity contribution is 0.0815. The zero-order chi connectivity index (χ0) is 11.4. The average molecular weight is 214 g/mol. The normalized spacial score (nSPS) is 10.5. The molecule has 1 aromatic rings. The van der Waals surface area contributed by atoms with Crippen LogP contribution in [0.15, 0.2) is 18.2 Å². The maximum atomic E-state index is 11.9. The third-order valence-electron chi connectivity index (χ3n) is 1.95. The van der Waals surface area contributed by atoms with Crippen molar-refractivity contribution >= 4 is 5.78 Å². The highest BCUT2D eigenvalue weighted by Gasteiger charge is 2.07. The molecule has 1 aromatic carbocycles. The molecule has 0 aromatic heterocycles. The molecule has 82 valence electrons. The van der Waals surface area contributed by atoms with E-state index in [4.69, 9.17) is 4.74 Å². The summed E-state index contributed by atoms with van der Waals surface area (Å²) in [7, 11) is 0. The van der Waals surface area contributed by atoms with Gasteiger partial charge in [-0.25, -0.2) is 8.78 Å². The summed E-state index contributed by atoms with van der Waals surface area (Å²) >= 11 is 0. The van der Waals surface area contributed by atoms with Gasteiger partial charge < -0.3 is 4.74 Å². The molecule has 15 heavy (non-hydrogen) atoms. The molecular formula is C11H12F2O2. The van der Waals surface area contributed by atoms with Gasteiger partial charge >= 0.3 is 0 Å². The number of carbonyl (C=O) groups excluding carboxylic acids is 1. The SMILES string of the molecule is CC(=O)c1ccc(OCC(F)F)c(C)c1. The van der Waals surface area contributed by atoms with Crippen molar-refractivity contribution in [2.45, 2.75) is 20.3 Å². The lowest BCUT2D eigenvalue weighted by Crippen LogP contribution is -2.08. The van der Waals surface area contributed by atoms with Crippen LogP contribution in [0.5, 0.6) is 5.75 Å². The molecule has 0 atom stereocenters. The van der Waals surface area contributed by atoms with Crippen molar-refractivity contribution in [2.24, 2.45) is 0 Å². The molecule has 0 radical (unpaired) electrons. The van der Waals surface area contributed by atoms with Gasteiger partial charge in [0.2, 0.25) is 0 Å². The van der Waals surface area contributed by atoms with Crippen LogP contribution in [0.1, 0.15) is 22.8 Å². The summed E-state index contributed by atoms with van der Waals surface area (Å²) in [4.78, 5) is 11.0. The fraction of sp³-hybridized carbons (Fsp3) is 0.364. The van der Waals surface area contributed by atoms with E-state index in [2.05, 4.69) is 0 Å². The van der Waals surface area contributed by atoms with Gasteiger partial charge in [0, 0.05) is 5.56 Å². The lowest BCUT2D eigenvalue weighted by atomic mass is 10.1. The highest BCUT2D eigenvalue weighted by Crippen LogP contribution is 2.19. The molecule has 2 nitrogen and oxygen atoms in total. The van der Waals surface area contributed by atoms with Crippen LogP contribution in [0.2, 0.25) is 0 Å². The molecule has 0 saturated heterocycles. The summed E-state index contributed by atoms with van der Waals surface area (Å²) in [5.74, 6) is 0.332. The number of ether oxygens (including phenoxy) is 1. The minimum absolute atomic E-state index is 0.0569. The van der Waals surface area contributed by atoms with Gasteiger partial charge in [-0.15, -0.1) is 0 Å². The number of carbonyl (C=O) groups is 1. The fourth-order valence-corrected chi connectivity index (χ4v) is 1.18. The Morgan fingerprint density at radius 3 is 2.60 bits per heavy atom. The van der Waals surface area contributed by atoms with E-state index in [1.54, 1.807) is 19.1 Å². The van der Waals surface area contributed by atoms with Crippen LogP contribution in [-0.2, 0) is 0 Å². The number of hydrogen-bond donors (Lipinski definition) is 0. The van der Waals surface area contributed by atoms with Gasteiger partial charge in [-0.3, -0.25) is 4.79 Å². The first kappa shape index (κ1) is 11.6. The highest BCUT2D eigenvalue weighted by molar-refractivity contribution is 5.94. The van der Waals surface area contributed by atoms with Crippen LogP contribution in [0.3, 0.4) is 0 Å². The molecule has 0 aliphatic rings. The van der Waals surface area contributed by atoms with Crippen molar-refractivity contribution < 1.29 is 18.3 Å². The number of benzene rings is 1. The van der Waals surface area contributed by atoms with E-state index < -0.39 is 13.0 Å². The number of hydrogen-bond acceptors (Lipinski definition) is 2. The molecule has 0 unspecified atom stereocenters. The van der Waals surface area contributed by atoms with Gasteiger partial charge in [-0.1, -0.05) is 0 Å². The Labute approximate surface area is 86.9 Å². The van der Waals surface area contributed by atoms with E-state index in [9.17, 15) is 13.6 Å². The molecule has 0 bridgehead atoms. The van der Waals surface area contributed by atoms with Crippen molar-refractivity contribution in [3.05, 3.63) is 29.3 Å². The topological polar surface area (TPSA) is 26.3 Å². The van der Waals surface area contributed by atoms with Crippen molar-refractivity contribution in [3.63, 3.8) is 0 Å². The second kappa shape index (κ2) is 4.87. The van der Waals surface area contributed by atoms with E-state index in [-0.39, 0.29) is 5.78 Å². The van der Waals surface area contributed by atoms with Crippen LogP contribution in [0.4, 0.5) is 8.78 Å². The number of alkyl halides is 2. The van der Waals surface area contributed by atoms with E-state index in [0.717, 1.165) is 0 Å². The summed E-state index contributed by atoms with van der Waals surface area (Å²) < 4.78 is 28.6. The number of ketones is 1. The summed E-state index contributed by atoms with van der Waals surface area (Å²) in [6.45, 7) is 2.54. The fourth-order valence-electron chi connectivity index (χ4n) is 1.18. The zero-order valence-electron chi connectivity index (χ0n) is 8.59. The molecule has 0 amide bonds. The van der Waals surface area contributed by atoms with Crippen molar-refractivity contribution in [1.29, 1.82) is 0 Å². The Balaban J connectivity index is 2.79. The summed E-state index contributed by atoms with van der Waals surface area (Å²) in [6, 6.07) is 4.73. The predicted molar refractivity (Wildman–Crippen MR) is 52.7 cm³/mol. The smallest absolute Gasteiger partial charge is 0.272 e. The number of rotatable bonds is 4. The van der Waals surface area contributed by atoms with Crippen molar-refractivity contribution in [2.75, 3.05) is 6.61 Å². The van der Waals surface area contributed by atoms with Crippen molar-refractivity contribution in [1.82, 2.24) is 0 Å². The predicted octanol–water partition coefficient (Wildman–Crippen LogP) is 2.84. The Kier molecular flexibility index (Phi) is 3.77. The molecule has 1 rings (SSSR count). The number of aryl methyl sites for hydroxylation is 1. The summed E-state index contributed by atoms with van der Waals surface area (Å²) in [6.07, 6.45) is -2.49. The molecule has 0 aliphatic carbocycles. The number of halogens is 2. The van der Waals surface area contributed by atoms with Crippen LogP contribution < -0.4 is 4.74 Å². The van der Waals surface area contributed by atoms with Crippen LogP contribution >= 0.6 is 0 Å². The van der Waals surface area contributed by atoms with Gasteiger partial charge in [0.15, 0.2) is 5.78 Å². The maximum Gasteiger partial charge on any atom is 0.272 e. The maximum absolute atomic E-state index is 11.9. The van der Waals surface area contributed by atoms with Crippen LogP contribution in [-0.4, -0.2) is 18.8 Å². The molecular weight excluding hydrogens is 202 g/mol. The Hall–Kier alpha value is -1.45. The summed E-state index contributed by atoms with van der Waals surface area (Å²) in [5.41, 5.74) is 1.24. The third kappa shape index (κ3) is 3.31. The van der Waals surface area contributed by atoms with E-state index >= 15 is 0 Å². The molecule has 0 fully saturated rings. The number of Topliss-reactive ketones (excluding diaryl/α,β-unsaturated/α-hetero) is 1. The van der Waals surface area contributed by atoms with Crippen LogP contribution in [0.25, 0.3) is 0 Å².